The first kappa shape index (κ1) is 23.7. The zero-order valence-electron chi connectivity index (χ0n) is 18.0. The van der Waals surface area contributed by atoms with Crippen LogP contribution >= 0.6 is 0 Å². The Hall–Kier alpha value is -3.45. The molecule has 0 bridgehead atoms. The molecule has 0 amide bonds. The van der Waals surface area contributed by atoms with E-state index in [-0.39, 0.29) is 18.0 Å². The number of hydrogen-bond acceptors (Lipinski definition) is 8. The number of aryl methyl sites for hydroxylation is 1. The van der Waals surface area contributed by atoms with Crippen molar-refractivity contribution >= 4 is 27.5 Å². The lowest BCUT2D eigenvalue weighted by atomic mass is 10.3. The summed E-state index contributed by atoms with van der Waals surface area (Å²) < 4.78 is 67.7. The van der Waals surface area contributed by atoms with E-state index >= 15 is 0 Å². The number of piperazine rings is 1. The molecule has 1 aliphatic rings. The molecule has 1 N–H and O–H groups in total. The standard InChI is InChI=1S/C21H21F3N6O3S/c1-15-3-2-4-18(25-15)26-19-9-10-20(28-27-19)29-11-13-30(14-12-29)34(31,32)17-7-5-16(6-8-17)33-21(22,23)24/h2-10H,11-14H2,1H3,(H,25,26,27). The van der Waals surface area contributed by atoms with Gasteiger partial charge in [0.25, 0.3) is 0 Å². The normalized spacial score (nSPS) is 15.2. The van der Waals surface area contributed by atoms with Gasteiger partial charge in [-0.15, -0.1) is 23.4 Å². The van der Waals surface area contributed by atoms with Crippen LogP contribution in [0.25, 0.3) is 0 Å². The minimum atomic E-state index is -4.84. The number of alkyl halides is 3. The molecule has 2 aromatic heterocycles. The van der Waals surface area contributed by atoms with E-state index in [1.165, 1.54) is 4.31 Å². The summed E-state index contributed by atoms with van der Waals surface area (Å²) in [5.74, 6) is 1.30. The Morgan fingerprint density at radius 2 is 1.62 bits per heavy atom. The minimum Gasteiger partial charge on any atom is -0.406 e. The van der Waals surface area contributed by atoms with Crippen molar-refractivity contribution in [2.75, 3.05) is 36.4 Å². The number of ether oxygens (including phenoxy) is 1. The van der Waals surface area contributed by atoms with E-state index in [9.17, 15) is 21.6 Å². The Kier molecular flexibility index (Phi) is 6.57. The summed E-state index contributed by atoms with van der Waals surface area (Å²) in [6, 6.07) is 13.3. The van der Waals surface area contributed by atoms with Crippen LogP contribution in [0, 0.1) is 6.92 Å². The Balaban J connectivity index is 1.36. The third-order valence-electron chi connectivity index (χ3n) is 5.05. The number of sulfonamides is 1. The second-order valence-electron chi connectivity index (χ2n) is 7.48. The largest absolute Gasteiger partial charge is 0.573 e. The number of halogens is 3. The van der Waals surface area contributed by atoms with Gasteiger partial charge < -0.3 is 15.0 Å². The number of nitrogens with zero attached hydrogens (tertiary/aromatic N) is 5. The average molecular weight is 494 g/mol. The van der Waals surface area contributed by atoms with Crippen molar-refractivity contribution in [1.82, 2.24) is 19.5 Å². The highest BCUT2D eigenvalue weighted by Crippen LogP contribution is 2.26. The average Bonchev–Trinajstić information content (AvgIpc) is 2.79. The van der Waals surface area contributed by atoms with Crippen LogP contribution in [0.2, 0.25) is 0 Å². The van der Waals surface area contributed by atoms with E-state index in [2.05, 4.69) is 25.2 Å². The molecular formula is C21H21F3N6O3S. The molecule has 1 saturated heterocycles. The van der Waals surface area contributed by atoms with Gasteiger partial charge in [-0.1, -0.05) is 6.07 Å². The topological polar surface area (TPSA) is 101 Å². The van der Waals surface area contributed by atoms with E-state index in [1.54, 1.807) is 12.1 Å². The van der Waals surface area contributed by atoms with E-state index in [0.717, 1.165) is 30.0 Å². The first-order valence-corrected chi connectivity index (χ1v) is 11.7. The summed E-state index contributed by atoms with van der Waals surface area (Å²) in [4.78, 5) is 6.16. The summed E-state index contributed by atoms with van der Waals surface area (Å²) in [6.07, 6.45) is -4.84. The van der Waals surface area contributed by atoms with Crippen molar-refractivity contribution < 1.29 is 26.3 Å². The lowest BCUT2D eigenvalue weighted by Crippen LogP contribution is -2.49. The van der Waals surface area contributed by atoms with Gasteiger partial charge in [0.15, 0.2) is 11.6 Å². The first-order valence-electron chi connectivity index (χ1n) is 10.3. The molecule has 0 unspecified atom stereocenters. The molecule has 3 aromatic rings. The summed E-state index contributed by atoms with van der Waals surface area (Å²) in [6.45, 7) is 3.04. The molecule has 13 heteroatoms. The summed E-state index contributed by atoms with van der Waals surface area (Å²) in [5.41, 5.74) is 0.869. The maximum atomic E-state index is 12.9. The molecule has 34 heavy (non-hydrogen) atoms. The van der Waals surface area contributed by atoms with Crippen LogP contribution in [0.3, 0.4) is 0 Å². The van der Waals surface area contributed by atoms with Crippen molar-refractivity contribution in [1.29, 1.82) is 0 Å². The second-order valence-corrected chi connectivity index (χ2v) is 9.41. The highest BCUT2D eigenvalue weighted by molar-refractivity contribution is 7.89. The van der Waals surface area contributed by atoms with Gasteiger partial charge in [-0.05, 0) is 55.5 Å². The van der Waals surface area contributed by atoms with Crippen LogP contribution in [0.4, 0.5) is 30.6 Å². The van der Waals surface area contributed by atoms with E-state index in [1.807, 2.05) is 30.0 Å². The SMILES string of the molecule is Cc1cccc(Nc2ccc(N3CCN(S(=O)(=O)c4ccc(OC(F)(F)F)cc4)CC3)nn2)n1. The number of nitrogens with one attached hydrogen (secondary N) is 1. The molecular weight excluding hydrogens is 473 g/mol. The fraction of sp³-hybridized carbons (Fsp3) is 0.286. The fourth-order valence-corrected chi connectivity index (χ4v) is 4.85. The number of pyridine rings is 1. The summed E-state index contributed by atoms with van der Waals surface area (Å²) in [7, 11) is -3.86. The van der Waals surface area contributed by atoms with Crippen LogP contribution < -0.4 is 15.0 Å². The quantitative estimate of drug-likeness (QED) is 0.557. The molecule has 9 nitrogen and oxygen atoms in total. The van der Waals surface area contributed by atoms with Gasteiger partial charge in [-0.25, -0.2) is 13.4 Å². The predicted molar refractivity (Wildman–Crippen MR) is 118 cm³/mol. The highest BCUT2D eigenvalue weighted by Gasteiger charge is 2.32. The third kappa shape index (κ3) is 5.72. The molecule has 4 rings (SSSR count). The number of anilines is 3. The number of aromatic nitrogens is 3. The second kappa shape index (κ2) is 9.43. The molecule has 180 valence electrons. The van der Waals surface area contributed by atoms with Crippen molar-refractivity contribution in [2.24, 2.45) is 0 Å². The van der Waals surface area contributed by atoms with Gasteiger partial charge in [0.05, 0.1) is 4.90 Å². The van der Waals surface area contributed by atoms with E-state index in [4.69, 9.17) is 0 Å². The molecule has 3 heterocycles. The lowest BCUT2D eigenvalue weighted by molar-refractivity contribution is -0.274. The van der Waals surface area contributed by atoms with Crippen LogP contribution in [0.15, 0.2) is 59.5 Å². The first-order chi connectivity index (χ1) is 16.1. The lowest BCUT2D eigenvalue weighted by Gasteiger charge is -2.34. The van der Waals surface area contributed by atoms with E-state index in [0.29, 0.717) is 30.5 Å². The molecule has 0 radical (unpaired) electrons. The molecule has 0 aliphatic carbocycles. The van der Waals surface area contributed by atoms with Gasteiger partial charge in [-0.3, -0.25) is 0 Å². The molecule has 1 aliphatic heterocycles. The molecule has 1 aromatic carbocycles. The van der Waals surface area contributed by atoms with Crippen LogP contribution in [-0.4, -0.2) is 60.4 Å². The summed E-state index contributed by atoms with van der Waals surface area (Å²) in [5, 5.41) is 11.5. The van der Waals surface area contributed by atoms with Crippen LogP contribution in [-0.2, 0) is 10.0 Å². The van der Waals surface area contributed by atoms with Crippen LogP contribution in [0.5, 0.6) is 5.75 Å². The monoisotopic (exact) mass is 494 g/mol. The Bertz CT molecular complexity index is 1230. The number of rotatable bonds is 6. The van der Waals surface area contributed by atoms with E-state index < -0.39 is 22.1 Å². The van der Waals surface area contributed by atoms with Crippen molar-refractivity contribution in [3.63, 3.8) is 0 Å². The smallest absolute Gasteiger partial charge is 0.406 e. The zero-order valence-corrected chi connectivity index (χ0v) is 18.8. The Morgan fingerprint density at radius 3 is 2.21 bits per heavy atom. The van der Waals surface area contributed by atoms with Gasteiger partial charge in [0, 0.05) is 31.9 Å². The zero-order chi connectivity index (χ0) is 24.3. The Morgan fingerprint density at radius 1 is 0.912 bits per heavy atom. The maximum Gasteiger partial charge on any atom is 0.573 e. The number of benzene rings is 1. The van der Waals surface area contributed by atoms with Crippen molar-refractivity contribution in [3.05, 3.63) is 60.3 Å². The van der Waals surface area contributed by atoms with Gasteiger partial charge in [0.2, 0.25) is 10.0 Å². The van der Waals surface area contributed by atoms with Gasteiger partial charge >= 0.3 is 6.36 Å². The predicted octanol–water partition coefficient (Wildman–Crippen LogP) is 3.33. The number of hydrogen-bond donors (Lipinski definition) is 1. The highest BCUT2D eigenvalue weighted by atomic mass is 32.2. The van der Waals surface area contributed by atoms with Crippen LogP contribution in [0.1, 0.15) is 5.69 Å². The third-order valence-corrected chi connectivity index (χ3v) is 6.97. The molecule has 0 spiro atoms. The van der Waals surface area contributed by atoms with Gasteiger partial charge in [0.1, 0.15) is 11.6 Å². The fourth-order valence-electron chi connectivity index (χ4n) is 3.42. The maximum absolute atomic E-state index is 12.9. The molecule has 0 saturated carbocycles. The molecule has 0 atom stereocenters. The summed E-state index contributed by atoms with van der Waals surface area (Å²) >= 11 is 0. The van der Waals surface area contributed by atoms with Gasteiger partial charge in [-0.2, -0.15) is 4.31 Å². The van der Waals surface area contributed by atoms with Crippen molar-refractivity contribution in [2.45, 2.75) is 18.2 Å². The molecule has 1 fully saturated rings. The minimum absolute atomic E-state index is 0.101. The Labute approximate surface area is 194 Å². The van der Waals surface area contributed by atoms with Crippen molar-refractivity contribution in [3.8, 4) is 5.75 Å².